The van der Waals surface area contributed by atoms with Crippen LogP contribution in [0.4, 0.5) is 0 Å². The number of hydrogen-bond donors (Lipinski definition) is 0. The van der Waals surface area contributed by atoms with Crippen LogP contribution < -0.4 is 0 Å². The van der Waals surface area contributed by atoms with Gasteiger partial charge < -0.3 is 0 Å². The topological polar surface area (TPSA) is 0 Å². The maximum absolute atomic E-state index is 3.56. The molecule has 0 fully saturated rings. The second kappa shape index (κ2) is 5.80. The summed E-state index contributed by atoms with van der Waals surface area (Å²) in [7, 11) is 0. The molecule has 0 amide bonds. The molecule has 0 bridgehead atoms. The molecule has 0 spiro atoms. The summed E-state index contributed by atoms with van der Waals surface area (Å²) in [6, 6.07) is 10.4. The molecule has 0 aromatic heterocycles. The van der Waals surface area contributed by atoms with Crippen molar-refractivity contribution in [3.63, 3.8) is 0 Å². The Balaban J connectivity index is 2.85. The van der Waals surface area contributed by atoms with Crippen molar-refractivity contribution in [2.45, 2.75) is 0 Å². The maximum atomic E-state index is 3.56. The first-order chi connectivity index (χ1) is 5.34. The molecule has 0 aliphatic heterocycles. The fourth-order valence-electron chi connectivity index (χ4n) is 0.769. The van der Waals surface area contributed by atoms with Crippen molar-refractivity contribution >= 4 is 59.5 Å². The molecule has 1 rings (SSSR count). The molecule has 1 aromatic carbocycles. The van der Waals surface area contributed by atoms with E-state index in [1.807, 2.05) is 6.07 Å². The Kier molecular flexibility index (Phi) is 5.44. The van der Waals surface area contributed by atoms with E-state index in [0.717, 1.165) is 0 Å². The predicted molar refractivity (Wildman–Crippen MR) is 54.9 cm³/mol. The van der Waals surface area contributed by atoms with E-state index in [4.69, 9.17) is 0 Å². The first-order valence-corrected chi connectivity index (χ1v) is 13.2. The molecule has 1 aromatic rings. The number of hydrogen-bond acceptors (Lipinski definition) is 0. The van der Waals surface area contributed by atoms with Crippen LogP contribution in [0.5, 0.6) is 0 Å². The zero-order valence-corrected chi connectivity index (χ0v) is 12.2. The molecular weight excluding hydrogens is 327 g/mol. The van der Waals surface area contributed by atoms with Crippen molar-refractivity contribution in [1.82, 2.24) is 0 Å². The van der Waals surface area contributed by atoms with Crippen molar-refractivity contribution in [3.05, 3.63) is 40.0 Å². The summed E-state index contributed by atoms with van der Waals surface area (Å²) >= 11 is 5.14. The minimum atomic E-state index is 0.220. The monoisotopic (exact) mass is 334 g/mol. The molecule has 0 atom stereocenters. The van der Waals surface area contributed by atoms with E-state index in [0.29, 0.717) is 0 Å². The van der Waals surface area contributed by atoms with E-state index in [2.05, 4.69) is 44.3 Å². The Morgan fingerprint density at radius 2 is 2.00 bits per heavy atom. The van der Waals surface area contributed by atoms with Crippen LogP contribution in [0, 0.1) is 0 Å². The van der Waals surface area contributed by atoms with Gasteiger partial charge in [-0.1, -0.05) is 0 Å². The second-order valence-corrected chi connectivity index (χ2v) is 8.10. The van der Waals surface area contributed by atoms with Gasteiger partial charge in [0.15, 0.2) is 0 Å². The molecule has 0 radical (unpaired) electrons. The summed E-state index contributed by atoms with van der Waals surface area (Å²) in [5.74, 6) is 0. The average molecular weight is 333 g/mol. The van der Waals surface area contributed by atoms with Gasteiger partial charge >= 0.3 is 99.5 Å². The fourth-order valence-corrected chi connectivity index (χ4v) is 7.16. The molecule has 11 heavy (non-hydrogen) atoms. The molecular formula is C8H6BrNaTe. The van der Waals surface area contributed by atoms with Gasteiger partial charge in [-0.2, -0.15) is 0 Å². The van der Waals surface area contributed by atoms with Gasteiger partial charge in [-0.05, 0) is 0 Å². The summed E-state index contributed by atoms with van der Waals surface area (Å²) in [5.41, 5.74) is 1.30. The van der Waals surface area contributed by atoms with E-state index in [-0.39, 0.29) is 15.5 Å². The Hall–Kier alpha value is 1.23. The van der Waals surface area contributed by atoms with E-state index in [9.17, 15) is 0 Å². The van der Waals surface area contributed by atoms with Gasteiger partial charge in [0, 0.05) is 0 Å². The van der Waals surface area contributed by atoms with Gasteiger partial charge in [0.25, 0.3) is 0 Å². The molecule has 0 unspecified atom stereocenters. The number of halogens is 1. The van der Waals surface area contributed by atoms with Gasteiger partial charge in [-0.15, -0.1) is 0 Å². The second-order valence-electron chi connectivity index (χ2n) is 2.07. The molecule has 0 N–H and O–H groups in total. The van der Waals surface area contributed by atoms with E-state index >= 15 is 0 Å². The zero-order valence-electron chi connectivity index (χ0n) is 6.25. The quantitative estimate of drug-likeness (QED) is 0.728. The summed E-state index contributed by atoms with van der Waals surface area (Å²) in [5, 5.41) is 0. The summed E-state index contributed by atoms with van der Waals surface area (Å²) in [4.78, 5) is 0. The standard InChI is InChI=1S/C8H7BrTe.Na/c9-8(6-10)7-4-2-1-3-5-7;/h1-6,10H;/q;+1/p-1/b8-6-;. The van der Waals surface area contributed by atoms with Crippen molar-refractivity contribution in [3.8, 4) is 0 Å². The van der Waals surface area contributed by atoms with Gasteiger partial charge in [0.2, 0.25) is 0 Å². The van der Waals surface area contributed by atoms with Crippen molar-refractivity contribution in [2.75, 3.05) is 0 Å². The van der Waals surface area contributed by atoms with Crippen LogP contribution in [0.25, 0.3) is 4.48 Å². The Morgan fingerprint density at radius 3 is 2.55 bits per heavy atom. The first-order valence-electron chi connectivity index (χ1n) is 3.28. The van der Waals surface area contributed by atoms with Crippen LogP contribution in [0.1, 0.15) is 5.56 Å². The van der Waals surface area contributed by atoms with Gasteiger partial charge in [0.05, 0.1) is 0 Å². The van der Waals surface area contributed by atoms with E-state index in [1.165, 1.54) is 33.6 Å². The van der Waals surface area contributed by atoms with Crippen LogP contribution in [-0.4, -0.2) is 39.1 Å². The fraction of sp³-hybridized carbons (Fsp3) is 0. The third-order valence-corrected chi connectivity index (χ3v) is 5.83. The minimum absolute atomic E-state index is 0.220. The van der Waals surface area contributed by atoms with Gasteiger partial charge in [-0.3, -0.25) is 0 Å². The zero-order chi connectivity index (χ0) is 8.10. The molecule has 0 heterocycles. The van der Waals surface area contributed by atoms with Crippen LogP contribution in [0.2, 0.25) is 0 Å². The van der Waals surface area contributed by atoms with E-state index in [1.54, 1.807) is 0 Å². The molecule has 0 aliphatic rings. The third-order valence-electron chi connectivity index (χ3n) is 1.27. The van der Waals surface area contributed by atoms with E-state index < -0.39 is 0 Å². The van der Waals surface area contributed by atoms with Crippen LogP contribution in [0.3, 0.4) is 0 Å². The summed E-state index contributed by atoms with van der Waals surface area (Å²) in [6.45, 7) is 0. The Bertz CT molecular complexity index is 246. The Labute approximate surface area is 98.0 Å². The summed E-state index contributed by atoms with van der Waals surface area (Å²) < 4.78 is 3.63. The molecule has 0 aliphatic carbocycles. The third kappa shape index (κ3) is 3.63. The van der Waals surface area contributed by atoms with Gasteiger partial charge in [0.1, 0.15) is 0 Å². The Morgan fingerprint density at radius 1 is 1.36 bits per heavy atom. The van der Waals surface area contributed by atoms with Crippen molar-refractivity contribution in [1.29, 1.82) is 0 Å². The number of benzene rings is 1. The molecule has 0 saturated carbocycles. The average Bonchev–Trinajstić information content (AvgIpc) is 2.07. The van der Waals surface area contributed by atoms with Crippen LogP contribution in [0.15, 0.2) is 34.5 Å². The SMILES string of the molecule is [Na][Te]/C=C(\Br)c1ccccc1. The number of rotatable bonds is 2. The molecule has 0 saturated heterocycles. The normalized spacial score (nSPS) is 11.7. The van der Waals surface area contributed by atoms with Crippen LogP contribution in [-0.2, 0) is 0 Å². The predicted octanol–water partition coefficient (Wildman–Crippen LogP) is 2.17. The molecule has 52 valence electrons. The molecule has 3 heteroatoms. The molecule has 0 nitrogen and oxygen atoms in total. The first kappa shape index (κ1) is 10.3. The van der Waals surface area contributed by atoms with Crippen molar-refractivity contribution < 1.29 is 0 Å². The van der Waals surface area contributed by atoms with Crippen LogP contribution >= 0.6 is 15.9 Å². The van der Waals surface area contributed by atoms with Crippen molar-refractivity contribution in [2.24, 2.45) is 0 Å². The van der Waals surface area contributed by atoms with Gasteiger partial charge in [-0.25, -0.2) is 0 Å². The summed E-state index contributed by atoms with van der Waals surface area (Å²) in [6.07, 6.45) is 0.